The number of ether oxygens (including phenoxy) is 2. The lowest BCUT2D eigenvalue weighted by Crippen LogP contribution is -2.45. The first-order valence-corrected chi connectivity index (χ1v) is 12.0. The van der Waals surface area contributed by atoms with E-state index in [4.69, 9.17) is 15.2 Å². The molecule has 2 aromatic carbocycles. The van der Waals surface area contributed by atoms with Crippen molar-refractivity contribution < 1.29 is 28.7 Å². The van der Waals surface area contributed by atoms with E-state index in [1.165, 1.54) is 5.56 Å². The molecule has 1 atom stereocenters. The van der Waals surface area contributed by atoms with E-state index >= 15 is 0 Å². The lowest BCUT2D eigenvalue weighted by Gasteiger charge is -2.19. The number of aryl methyl sites for hydroxylation is 1. The molecule has 0 aliphatic heterocycles. The minimum Gasteiger partial charge on any atom is -0.445 e. The monoisotopic (exact) mass is 514 g/mol. The number of nitrogens with two attached hydrogens (primary N) is 1. The molecule has 0 saturated carbocycles. The van der Waals surface area contributed by atoms with E-state index in [0.29, 0.717) is 6.54 Å². The Morgan fingerprint density at radius 1 is 0.865 bits per heavy atom. The van der Waals surface area contributed by atoms with Crippen molar-refractivity contribution in [2.75, 3.05) is 13.1 Å². The van der Waals surface area contributed by atoms with Gasteiger partial charge in [-0.1, -0.05) is 60.7 Å². The summed E-state index contributed by atoms with van der Waals surface area (Å²) in [7, 11) is 0. The molecule has 2 rings (SSSR count). The van der Waals surface area contributed by atoms with Crippen LogP contribution in [0.5, 0.6) is 0 Å². The van der Waals surface area contributed by atoms with Gasteiger partial charge in [0.15, 0.2) is 0 Å². The number of alkyl carbamates (subject to hydrolysis) is 2. The van der Waals surface area contributed by atoms with Crippen LogP contribution in [0.1, 0.15) is 45.2 Å². The average Bonchev–Trinajstić information content (AvgIpc) is 2.84. The maximum absolute atomic E-state index is 12.0. The van der Waals surface area contributed by atoms with E-state index < -0.39 is 29.7 Å². The third kappa shape index (κ3) is 16.3. The topological polar surface area (TPSA) is 149 Å². The number of primary amides is 1. The molecular formula is C27H38N4O6. The van der Waals surface area contributed by atoms with Gasteiger partial charge in [-0.2, -0.15) is 0 Å². The van der Waals surface area contributed by atoms with Crippen LogP contribution in [0.2, 0.25) is 0 Å². The Hall–Kier alpha value is -4.08. The number of benzene rings is 2. The fraction of sp³-hybridized carbons (Fsp3) is 0.407. The van der Waals surface area contributed by atoms with Gasteiger partial charge in [0.25, 0.3) is 0 Å². The molecule has 0 aliphatic rings. The highest BCUT2D eigenvalue weighted by Crippen LogP contribution is 2.06. The van der Waals surface area contributed by atoms with Crippen molar-refractivity contribution in [2.24, 2.45) is 5.73 Å². The summed E-state index contributed by atoms with van der Waals surface area (Å²) in [6.45, 7) is 7.38. The molecule has 202 valence electrons. The molecule has 10 heteroatoms. The van der Waals surface area contributed by atoms with E-state index in [1.54, 1.807) is 27.7 Å². The predicted molar refractivity (Wildman–Crippen MR) is 140 cm³/mol. The zero-order valence-corrected chi connectivity index (χ0v) is 21.9. The van der Waals surface area contributed by atoms with Crippen molar-refractivity contribution in [3.63, 3.8) is 0 Å². The first kappa shape index (κ1) is 31.0. The first-order chi connectivity index (χ1) is 17.5. The molecule has 10 nitrogen and oxygen atoms in total. The largest absolute Gasteiger partial charge is 0.445 e. The van der Waals surface area contributed by atoms with Gasteiger partial charge in [-0.15, -0.1) is 0 Å². The van der Waals surface area contributed by atoms with Gasteiger partial charge in [0.2, 0.25) is 11.8 Å². The molecule has 2 aromatic rings. The molecule has 0 fully saturated rings. The zero-order chi connectivity index (χ0) is 27.7. The van der Waals surface area contributed by atoms with Gasteiger partial charge in [-0.05, 0) is 51.7 Å². The highest BCUT2D eigenvalue weighted by molar-refractivity contribution is 5.85. The number of rotatable bonds is 10. The summed E-state index contributed by atoms with van der Waals surface area (Å²) in [5, 5.41) is 7.56. The van der Waals surface area contributed by atoms with Gasteiger partial charge in [0.05, 0.1) is 6.54 Å². The molecule has 0 spiro atoms. The Morgan fingerprint density at radius 3 is 1.97 bits per heavy atom. The fourth-order valence-corrected chi connectivity index (χ4v) is 2.78. The zero-order valence-electron chi connectivity index (χ0n) is 21.9. The molecule has 37 heavy (non-hydrogen) atoms. The molecule has 0 heterocycles. The quantitative estimate of drug-likeness (QED) is 0.358. The Labute approximate surface area is 218 Å². The second kappa shape index (κ2) is 16.6. The predicted octanol–water partition coefficient (Wildman–Crippen LogP) is 3.05. The molecule has 0 bridgehead atoms. The van der Waals surface area contributed by atoms with Gasteiger partial charge in [-0.25, -0.2) is 9.59 Å². The van der Waals surface area contributed by atoms with Crippen LogP contribution in [0.4, 0.5) is 9.59 Å². The number of hydrogen-bond acceptors (Lipinski definition) is 6. The van der Waals surface area contributed by atoms with Gasteiger partial charge in [0.1, 0.15) is 18.2 Å². The molecule has 0 radical (unpaired) electrons. The number of hydrogen-bond donors (Lipinski definition) is 4. The summed E-state index contributed by atoms with van der Waals surface area (Å²) in [5.41, 5.74) is 6.38. The Balaban J connectivity index is 0.000000482. The molecule has 4 amide bonds. The van der Waals surface area contributed by atoms with Crippen molar-refractivity contribution in [3.8, 4) is 0 Å². The van der Waals surface area contributed by atoms with Crippen molar-refractivity contribution >= 4 is 24.0 Å². The molecule has 0 saturated heterocycles. The van der Waals surface area contributed by atoms with Gasteiger partial charge in [0, 0.05) is 6.54 Å². The lowest BCUT2D eigenvalue weighted by molar-refractivity contribution is -0.122. The SMILES string of the molecule is CC(C)(C)OC(=O)NCC(N)=O.C[C@@H](NC(=O)OCc1ccccc1)C(=O)NCCCc1ccccc1. The summed E-state index contributed by atoms with van der Waals surface area (Å²) in [6, 6.07) is 18.9. The first-order valence-electron chi connectivity index (χ1n) is 12.0. The van der Waals surface area contributed by atoms with E-state index in [1.807, 2.05) is 48.5 Å². The number of carbonyl (C=O) groups is 4. The number of amides is 4. The average molecular weight is 515 g/mol. The minimum atomic E-state index is -0.639. The van der Waals surface area contributed by atoms with Crippen LogP contribution < -0.4 is 21.7 Å². The van der Waals surface area contributed by atoms with Crippen molar-refractivity contribution in [2.45, 2.75) is 58.8 Å². The normalized spacial score (nSPS) is 11.1. The number of nitrogens with one attached hydrogen (secondary N) is 3. The summed E-state index contributed by atoms with van der Waals surface area (Å²) in [6.07, 6.45) is 0.514. The second-order valence-corrected chi connectivity index (χ2v) is 9.13. The van der Waals surface area contributed by atoms with Gasteiger partial charge >= 0.3 is 12.2 Å². The van der Waals surface area contributed by atoms with E-state index in [-0.39, 0.29) is 19.1 Å². The van der Waals surface area contributed by atoms with E-state index in [0.717, 1.165) is 18.4 Å². The third-order valence-electron chi connectivity index (χ3n) is 4.53. The lowest BCUT2D eigenvalue weighted by atomic mass is 10.1. The summed E-state index contributed by atoms with van der Waals surface area (Å²) >= 11 is 0. The van der Waals surface area contributed by atoms with Crippen molar-refractivity contribution in [3.05, 3.63) is 71.8 Å². The van der Waals surface area contributed by atoms with Crippen LogP contribution in [0.3, 0.4) is 0 Å². The summed E-state index contributed by atoms with van der Waals surface area (Å²) < 4.78 is 9.93. The van der Waals surface area contributed by atoms with Crippen molar-refractivity contribution in [1.29, 1.82) is 0 Å². The molecule has 0 aromatic heterocycles. The summed E-state index contributed by atoms with van der Waals surface area (Å²) in [5.74, 6) is -0.814. The Kier molecular flexibility index (Phi) is 13.9. The Morgan fingerprint density at radius 2 is 1.43 bits per heavy atom. The van der Waals surface area contributed by atoms with Crippen LogP contribution in [0.15, 0.2) is 60.7 Å². The fourth-order valence-electron chi connectivity index (χ4n) is 2.78. The highest BCUT2D eigenvalue weighted by Gasteiger charge is 2.16. The maximum atomic E-state index is 12.0. The highest BCUT2D eigenvalue weighted by atomic mass is 16.6. The Bertz CT molecular complexity index is 977. The minimum absolute atomic E-state index is 0.179. The van der Waals surface area contributed by atoms with E-state index in [9.17, 15) is 19.2 Å². The van der Waals surface area contributed by atoms with E-state index in [2.05, 4.69) is 28.1 Å². The third-order valence-corrected chi connectivity index (χ3v) is 4.53. The second-order valence-electron chi connectivity index (χ2n) is 9.13. The standard InChI is InChI=1S/C20H24N2O3.C7H14N2O3/c1-16(22-20(24)25-15-18-11-6-3-7-12-18)19(23)21-14-8-13-17-9-4-2-5-10-17;1-7(2,3)12-6(11)9-4-5(8)10/h2-7,9-12,16H,8,13-15H2,1H3,(H,21,23)(H,22,24);4H2,1-3H3,(H2,8,10)(H,9,11)/t16-;/m1./s1. The van der Waals surface area contributed by atoms with Crippen LogP contribution in [-0.2, 0) is 32.1 Å². The molecular weight excluding hydrogens is 476 g/mol. The van der Waals surface area contributed by atoms with Crippen LogP contribution in [-0.4, -0.2) is 48.7 Å². The molecule has 0 aliphatic carbocycles. The van der Waals surface area contributed by atoms with Crippen LogP contribution in [0.25, 0.3) is 0 Å². The van der Waals surface area contributed by atoms with Gasteiger partial charge < -0.3 is 31.2 Å². The summed E-state index contributed by atoms with van der Waals surface area (Å²) in [4.78, 5) is 44.8. The molecule has 0 unspecified atom stereocenters. The van der Waals surface area contributed by atoms with Crippen LogP contribution >= 0.6 is 0 Å². The van der Waals surface area contributed by atoms with Crippen molar-refractivity contribution in [1.82, 2.24) is 16.0 Å². The number of carbonyl (C=O) groups excluding carboxylic acids is 4. The molecule has 5 N–H and O–H groups in total. The maximum Gasteiger partial charge on any atom is 0.408 e. The van der Waals surface area contributed by atoms with Gasteiger partial charge in [-0.3, -0.25) is 9.59 Å². The van der Waals surface area contributed by atoms with Crippen LogP contribution in [0, 0.1) is 0 Å². The smallest absolute Gasteiger partial charge is 0.408 e.